The first-order valence-electron chi connectivity index (χ1n) is 27.8. The van der Waals surface area contributed by atoms with Gasteiger partial charge in [-0.25, -0.2) is 19.9 Å². The first kappa shape index (κ1) is 53.5. The summed E-state index contributed by atoms with van der Waals surface area (Å²) in [7, 11) is 0. The predicted molar refractivity (Wildman–Crippen MR) is 315 cm³/mol. The Morgan fingerprint density at radius 1 is 0.333 bits per heavy atom. The van der Waals surface area contributed by atoms with Crippen LogP contribution in [0, 0.1) is 27.7 Å². The molecule has 75 heavy (non-hydrogen) atoms. The number of hydrogen-bond donors (Lipinski definition) is 2. The van der Waals surface area contributed by atoms with Crippen LogP contribution in [-0.4, -0.2) is 29.9 Å². The minimum absolute atomic E-state index is 0. The maximum absolute atomic E-state index is 5.73. The molecule has 4 aliphatic heterocycles. The number of fused-ring (bicyclic) bond motifs is 16. The molecular weight excluding hydrogens is 968 g/mol. The summed E-state index contributed by atoms with van der Waals surface area (Å²) in [5, 5.41) is 0. The minimum atomic E-state index is 0. The van der Waals surface area contributed by atoms with Crippen LogP contribution in [0.25, 0.3) is 88.7 Å². The Kier molecular flexibility index (Phi) is 15.0. The molecule has 10 heterocycles. The second-order valence-electron chi connectivity index (χ2n) is 21.0. The van der Waals surface area contributed by atoms with E-state index >= 15 is 0 Å². The third-order valence-corrected chi connectivity index (χ3v) is 17.4. The van der Waals surface area contributed by atoms with Crippen LogP contribution in [0.15, 0.2) is 36.4 Å². The van der Waals surface area contributed by atoms with E-state index in [4.69, 9.17) is 29.9 Å². The van der Waals surface area contributed by atoms with Crippen LogP contribution in [0.3, 0.4) is 0 Å². The van der Waals surface area contributed by atoms with Crippen LogP contribution in [0.4, 0.5) is 0 Å². The van der Waals surface area contributed by atoms with E-state index in [-0.39, 0.29) is 17.1 Å². The van der Waals surface area contributed by atoms with Crippen LogP contribution < -0.4 is 9.97 Å². The molecule has 0 fully saturated rings. The summed E-state index contributed by atoms with van der Waals surface area (Å²) in [6.45, 7) is 36.1. The number of allylic oxidation sites excluding steroid dienone is 8. The molecular formula is C66H76CuN8. The number of nitrogens with one attached hydrogen (secondary N) is 2. The summed E-state index contributed by atoms with van der Waals surface area (Å²) in [5.41, 5.74) is 39.1. The van der Waals surface area contributed by atoms with Crippen molar-refractivity contribution in [1.82, 2.24) is 39.9 Å². The fourth-order valence-corrected chi connectivity index (χ4v) is 13.0. The van der Waals surface area contributed by atoms with Crippen LogP contribution in [0.2, 0.25) is 0 Å². The summed E-state index contributed by atoms with van der Waals surface area (Å²) in [6, 6.07) is 13.6. The second-order valence-corrected chi connectivity index (χ2v) is 21.0. The maximum Gasteiger partial charge on any atom is 2.00 e. The number of aromatic amines is 2. The van der Waals surface area contributed by atoms with Gasteiger partial charge in [-0.3, -0.25) is 0 Å². The molecule has 9 heteroatoms. The SMILES string of the molecule is CCC1=C(C)c2cc3[n-]c(c(C)c3CC)c(CCc3c4nc(cc5[nH]c(cc6[nH]c(cc7nc3C(CC)=C7C)c(CC)c6C)c(CC)c5C)C(CC)=C4C)c3[n-]c(cc4nc(cc1n2)C(C)=C4CC)c(C)c3CC.[Cu+2]. The normalized spacial score (nSPS) is 13.8. The average Bonchev–Trinajstić information content (AvgIpc) is 4.26. The van der Waals surface area contributed by atoms with Gasteiger partial charge in [0, 0.05) is 27.6 Å². The van der Waals surface area contributed by atoms with Gasteiger partial charge in [0.15, 0.2) is 0 Å². The number of hydrogen-bond acceptors (Lipinski definition) is 4. The summed E-state index contributed by atoms with van der Waals surface area (Å²) in [4.78, 5) is 41.4. The smallest absolute Gasteiger partial charge is 0.657 e. The molecule has 0 aromatic carbocycles. The molecule has 1 radical (unpaired) electrons. The van der Waals surface area contributed by atoms with Gasteiger partial charge in [-0.2, -0.15) is 0 Å². The molecule has 2 N–H and O–H groups in total. The second kappa shape index (κ2) is 21.0. The van der Waals surface area contributed by atoms with Gasteiger partial charge in [0.2, 0.25) is 0 Å². The number of nitrogens with zero attached hydrogens (tertiary/aromatic N) is 6. The summed E-state index contributed by atoms with van der Waals surface area (Å²) in [5.74, 6) is 0. The fraction of sp³-hybridized carbons (Fsp3) is 0.394. The molecule has 0 spiro atoms. The van der Waals surface area contributed by atoms with Crippen molar-refractivity contribution in [3.63, 3.8) is 0 Å². The van der Waals surface area contributed by atoms with Crippen molar-refractivity contribution in [2.24, 2.45) is 0 Å². The average molecular weight is 1040 g/mol. The Labute approximate surface area is 455 Å². The van der Waals surface area contributed by atoms with Gasteiger partial charge in [0.05, 0.1) is 45.6 Å². The monoisotopic (exact) mass is 1040 g/mol. The first-order valence-corrected chi connectivity index (χ1v) is 27.8. The first-order chi connectivity index (χ1) is 35.6. The van der Waals surface area contributed by atoms with Gasteiger partial charge in [0.1, 0.15) is 0 Å². The molecule has 8 nitrogen and oxygen atoms in total. The molecule has 391 valence electrons. The predicted octanol–water partition coefficient (Wildman–Crippen LogP) is 16.8. The van der Waals surface area contributed by atoms with E-state index < -0.39 is 0 Å². The standard InChI is InChI=1S/C66H76N8.Cu/c1-17-41-35(11)53-29-61-45(21-5)39(15)63(73-61)49(65-47(23-7)37(13)55(71-65)31-59-43(19-3)33(9)51(67-59)27-57(41)69-53)25-26-50-64-40(16)46(22-6)62(74-64)30-54-36(12)42(18-2)58(70-54)28-52-34(10)44(20-4)60(68-52)32-56-38(14)48(24-8)66(50)72-56;/h27-32,67,69H,17-26H2,1-16H3;/q-2;+2. The number of aryl methyl sites for hydroxylation is 9. The Balaban J connectivity index is 0.00000689. The number of H-pyrrole nitrogens is 2. The molecule has 0 saturated heterocycles. The Morgan fingerprint density at radius 2 is 0.773 bits per heavy atom. The minimum Gasteiger partial charge on any atom is -0.657 e. The maximum atomic E-state index is 5.73. The molecule has 6 aromatic heterocycles. The van der Waals surface area contributed by atoms with Crippen LogP contribution in [0.1, 0.15) is 210 Å². The van der Waals surface area contributed by atoms with Crippen LogP contribution in [0.5, 0.6) is 0 Å². The van der Waals surface area contributed by atoms with E-state index in [1.54, 1.807) is 0 Å². The van der Waals surface area contributed by atoms with E-state index in [9.17, 15) is 0 Å². The van der Waals surface area contributed by atoms with Gasteiger partial charge >= 0.3 is 17.1 Å². The summed E-state index contributed by atoms with van der Waals surface area (Å²) in [6.07, 6.45) is 8.42. The largest absolute Gasteiger partial charge is 2.00 e. The molecule has 0 amide bonds. The Hall–Kier alpha value is -6.28. The molecule has 0 unspecified atom stereocenters. The van der Waals surface area contributed by atoms with Crippen molar-refractivity contribution >= 4 is 88.7 Å². The van der Waals surface area contributed by atoms with Crippen molar-refractivity contribution in [3.8, 4) is 0 Å². The molecule has 16 bridgehead atoms. The molecule has 10 rings (SSSR count). The zero-order valence-electron chi connectivity index (χ0n) is 47.5. The number of rotatable bonds is 11. The van der Waals surface area contributed by atoms with Crippen LogP contribution in [-0.2, 0) is 55.6 Å². The van der Waals surface area contributed by atoms with Crippen molar-refractivity contribution < 1.29 is 17.1 Å². The van der Waals surface area contributed by atoms with Gasteiger partial charge in [-0.05, 0) is 211 Å². The van der Waals surface area contributed by atoms with E-state index in [1.165, 1.54) is 100 Å². The summed E-state index contributed by atoms with van der Waals surface area (Å²) >= 11 is 0. The number of aromatic nitrogens is 8. The quantitative estimate of drug-likeness (QED) is 0.125. The third kappa shape index (κ3) is 8.76. The van der Waals surface area contributed by atoms with Gasteiger partial charge in [-0.15, -0.1) is 22.1 Å². The van der Waals surface area contributed by atoms with Crippen molar-refractivity contribution in [2.75, 3.05) is 0 Å². The molecule has 4 aliphatic rings. The molecule has 0 atom stereocenters. The summed E-state index contributed by atoms with van der Waals surface area (Å²) < 4.78 is 0. The zero-order chi connectivity index (χ0) is 52.6. The Morgan fingerprint density at radius 3 is 1.36 bits per heavy atom. The van der Waals surface area contributed by atoms with E-state index in [0.717, 1.165) is 141 Å². The van der Waals surface area contributed by atoms with E-state index in [0.29, 0.717) is 12.8 Å². The van der Waals surface area contributed by atoms with Crippen molar-refractivity contribution in [1.29, 1.82) is 0 Å². The van der Waals surface area contributed by atoms with E-state index in [2.05, 4.69) is 157 Å². The third-order valence-electron chi connectivity index (χ3n) is 17.4. The van der Waals surface area contributed by atoms with E-state index in [1.807, 2.05) is 0 Å². The Bertz CT molecular complexity index is 3850. The zero-order valence-corrected chi connectivity index (χ0v) is 48.5. The van der Waals surface area contributed by atoms with Gasteiger partial charge < -0.3 is 19.9 Å². The molecule has 0 aliphatic carbocycles. The molecule has 0 saturated carbocycles. The van der Waals surface area contributed by atoms with Gasteiger partial charge in [-0.1, -0.05) is 95.3 Å². The van der Waals surface area contributed by atoms with Gasteiger partial charge in [0.25, 0.3) is 0 Å². The molecule has 6 aromatic rings. The fourth-order valence-electron chi connectivity index (χ4n) is 13.0. The van der Waals surface area contributed by atoms with Crippen molar-refractivity contribution in [3.05, 3.63) is 138 Å². The topological polar surface area (TPSA) is 111 Å². The van der Waals surface area contributed by atoms with Crippen molar-refractivity contribution in [2.45, 2.75) is 175 Å². The van der Waals surface area contributed by atoms with Crippen LogP contribution >= 0.6 is 0 Å².